The Morgan fingerprint density at radius 3 is 2.53 bits per heavy atom. The lowest BCUT2D eigenvalue weighted by atomic mass is 9.43. The first-order chi connectivity index (χ1) is 21.1. The third-order valence-corrected chi connectivity index (χ3v) is 12.7. The average molecular weight is 577 g/mol. The molecule has 43 heavy (non-hydrogen) atoms. The first-order valence-corrected chi connectivity index (χ1v) is 16.7. The molecule has 0 aromatic heterocycles. The van der Waals surface area contributed by atoms with E-state index in [1.165, 1.54) is 74.8 Å². The second-order valence-electron chi connectivity index (χ2n) is 14.5. The van der Waals surface area contributed by atoms with Gasteiger partial charge < -0.3 is 14.2 Å². The van der Waals surface area contributed by atoms with E-state index in [-0.39, 0.29) is 5.41 Å². The Balaban J connectivity index is 1.20. The molecule has 0 amide bonds. The van der Waals surface area contributed by atoms with Crippen LogP contribution in [0.15, 0.2) is 66.7 Å². The van der Waals surface area contributed by atoms with Gasteiger partial charge in [-0.2, -0.15) is 0 Å². The van der Waals surface area contributed by atoms with Crippen LogP contribution in [0, 0.1) is 23.2 Å². The Kier molecular flexibility index (Phi) is 5.98. The van der Waals surface area contributed by atoms with E-state index in [9.17, 15) is 0 Å². The molecule has 2 saturated heterocycles. The summed E-state index contributed by atoms with van der Waals surface area (Å²) in [5.41, 5.74) is 4.88. The highest BCUT2D eigenvalue weighted by Gasteiger charge is 2.76. The molecule has 5 heteroatoms. The molecule has 3 saturated carbocycles. The summed E-state index contributed by atoms with van der Waals surface area (Å²) in [6.45, 7) is 4.82. The monoisotopic (exact) mass is 576 g/mol. The zero-order chi connectivity index (χ0) is 28.8. The lowest BCUT2D eigenvalue weighted by molar-refractivity contribution is -0.106. The molecule has 0 radical (unpaired) electrons. The van der Waals surface area contributed by atoms with Crippen LogP contribution in [0.2, 0.25) is 0 Å². The molecule has 4 bridgehead atoms. The van der Waals surface area contributed by atoms with Gasteiger partial charge in [-0.15, -0.1) is 0 Å². The number of benzene rings is 3. The van der Waals surface area contributed by atoms with E-state index in [0.29, 0.717) is 23.4 Å². The van der Waals surface area contributed by atoms with Crippen LogP contribution in [0.3, 0.4) is 0 Å². The van der Waals surface area contributed by atoms with Gasteiger partial charge in [-0.3, -0.25) is 9.80 Å². The Bertz CT molecular complexity index is 1540. The molecular formula is C38H44N2O3. The summed E-state index contributed by atoms with van der Waals surface area (Å²) in [6, 6.07) is 25.1. The first-order valence-electron chi connectivity index (χ1n) is 16.7. The molecule has 0 N–H and O–H groups in total. The van der Waals surface area contributed by atoms with Crippen molar-refractivity contribution in [3.05, 3.63) is 83.4 Å². The van der Waals surface area contributed by atoms with Crippen LogP contribution < -0.4 is 14.2 Å². The molecule has 5 fully saturated rings. The van der Waals surface area contributed by atoms with Crippen molar-refractivity contribution >= 4 is 0 Å². The molecule has 2 heterocycles. The normalized spacial score (nSPS) is 34.0. The van der Waals surface area contributed by atoms with Crippen LogP contribution in [0.4, 0.5) is 0 Å². The number of nitrogens with zero attached hydrogens (tertiary/aromatic N) is 2. The van der Waals surface area contributed by atoms with Crippen molar-refractivity contribution in [3.8, 4) is 23.0 Å². The maximum absolute atomic E-state index is 6.98. The Labute approximate surface area is 256 Å². The molecule has 224 valence electrons. The molecule has 3 aromatic carbocycles. The molecule has 4 aliphatic carbocycles. The predicted molar refractivity (Wildman–Crippen MR) is 168 cm³/mol. The van der Waals surface area contributed by atoms with Gasteiger partial charge in [-0.25, -0.2) is 0 Å². The Hall–Kier alpha value is -3.02. The number of hydrogen-bond donors (Lipinski definition) is 0. The maximum Gasteiger partial charge on any atom is 0.173 e. The Morgan fingerprint density at radius 1 is 0.860 bits per heavy atom. The van der Waals surface area contributed by atoms with Gasteiger partial charge in [0.2, 0.25) is 0 Å². The van der Waals surface area contributed by atoms with E-state index >= 15 is 0 Å². The summed E-state index contributed by atoms with van der Waals surface area (Å²) >= 11 is 0. The molecule has 3 aromatic rings. The number of likely N-dealkylation sites (tertiary alicyclic amines) is 2. The third-order valence-electron chi connectivity index (χ3n) is 12.7. The molecule has 6 atom stereocenters. The molecule has 0 spiro atoms. The molecule has 0 unspecified atom stereocenters. The number of methoxy groups -OCH3 is 2. The van der Waals surface area contributed by atoms with Crippen LogP contribution >= 0.6 is 0 Å². The number of piperidine rings is 1. The zero-order valence-electron chi connectivity index (χ0n) is 25.6. The molecular weight excluding hydrogens is 532 g/mol. The van der Waals surface area contributed by atoms with Gasteiger partial charge in [-0.1, -0.05) is 42.5 Å². The van der Waals surface area contributed by atoms with E-state index in [2.05, 4.69) is 58.3 Å². The quantitative estimate of drug-likeness (QED) is 0.286. The fourth-order valence-corrected chi connectivity index (χ4v) is 11.2. The van der Waals surface area contributed by atoms with Crippen LogP contribution in [0.25, 0.3) is 0 Å². The van der Waals surface area contributed by atoms with E-state index in [0.717, 1.165) is 47.8 Å². The van der Waals surface area contributed by atoms with Crippen molar-refractivity contribution in [1.82, 2.24) is 9.80 Å². The lowest BCUT2D eigenvalue weighted by Crippen LogP contribution is -2.69. The molecule has 6 aliphatic rings. The van der Waals surface area contributed by atoms with Gasteiger partial charge in [0.05, 0.1) is 14.2 Å². The zero-order valence-corrected chi connectivity index (χ0v) is 25.6. The number of hydrogen-bond acceptors (Lipinski definition) is 5. The highest BCUT2D eigenvalue weighted by molar-refractivity contribution is 5.61. The number of ether oxygens (including phenoxy) is 3. The van der Waals surface area contributed by atoms with Crippen LogP contribution in [0.5, 0.6) is 23.0 Å². The first kappa shape index (κ1) is 26.4. The van der Waals surface area contributed by atoms with Crippen molar-refractivity contribution in [2.75, 3.05) is 33.9 Å². The van der Waals surface area contributed by atoms with Gasteiger partial charge >= 0.3 is 0 Å². The van der Waals surface area contributed by atoms with Gasteiger partial charge in [0.25, 0.3) is 0 Å². The number of rotatable bonds is 8. The smallest absolute Gasteiger partial charge is 0.173 e. The topological polar surface area (TPSA) is 34.2 Å². The van der Waals surface area contributed by atoms with Crippen molar-refractivity contribution < 1.29 is 14.2 Å². The summed E-state index contributed by atoms with van der Waals surface area (Å²) in [6.07, 6.45) is 9.25. The van der Waals surface area contributed by atoms with Crippen molar-refractivity contribution in [3.63, 3.8) is 0 Å². The van der Waals surface area contributed by atoms with Crippen molar-refractivity contribution in [2.24, 2.45) is 23.2 Å². The fraction of sp³-hybridized carbons (Fsp3) is 0.526. The second kappa shape index (κ2) is 9.74. The molecule has 2 aliphatic heterocycles. The van der Waals surface area contributed by atoms with Gasteiger partial charge in [0, 0.05) is 48.8 Å². The largest absolute Gasteiger partial charge is 0.497 e. The van der Waals surface area contributed by atoms with Gasteiger partial charge in [0.1, 0.15) is 11.5 Å². The van der Waals surface area contributed by atoms with Crippen LogP contribution in [-0.4, -0.2) is 55.7 Å². The van der Waals surface area contributed by atoms with E-state index < -0.39 is 0 Å². The predicted octanol–water partition coefficient (Wildman–Crippen LogP) is 7.08. The van der Waals surface area contributed by atoms with Crippen LogP contribution in [-0.2, 0) is 18.4 Å². The van der Waals surface area contributed by atoms with E-state index in [1.54, 1.807) is 14.2 Å². The van der Waals surface area contributed by atoms with Crippen molar-refractivity contribution in [2.45, 2.75) is 69.0 Å². The Morgan fingerprint density at radius 2 is 1.72 bits per heavy atom. The summed E-state index contributed by atoms with van der Waals surface area (Å²) in [7, 11) is 3.53. The minimum Gasteiger partial charge on any atom is -0.497 e. The third kappa shape index (κ3) is 3.77. The van der Waals surface area contributed by atoms with Gasteiger partial charge in [-0.05, 0) is 104 Å². The van der Waals surface area contributed by atoms with E-state index in [4.69, 9.17) is 14.2 Å². The lowest BCUT2D eigenvalue weighted by Gasteiger charge is -2.66. The summed E-state index contributed by atoms with van der Waals surface area (Å²) < 4.78 is 18.7. The fourth-order valence-electron chi connectivity index (χ4n) is 11.2. The highest BCUT2D eigenvalue weighted by Crippen LogP contribution is 2.77. The SMILES string of the molecule is COc1cccc(Oc2c(OC)ccc3c2[C@]24CCN(CC5CC5)[C@H](C3)[C@]23CC[C@@H]2[C@H]4[C@@H](CN2Cc2ccccc2)C3)c1. The summed E-state index contributed by atoms with van der Waals surface area (Å²) in [5, 5.41) is 0. The standard InChI is InChI=1S/C38H44N2O3/c1-41-29-9-6-10-30(20-29)43-36-32(42-2)14-13-27-19-33-37-16-15-31-34(28(21-37)24-40(31)23-25-7-4-3-5-8-25)38(37,35(27)36)17-18-39(33)22-26-11-12-26/h3-10,13-14,20,26,28,31,33-34H,11-12,15-19,21-24H2,1-2H3/t28-,31-,33-,34-,37-,38-/m1/s1. The summed E-state index contributed by atoms with van der Waals surface area (Å²) in [4.78, 5) is 5.83. The van der Waals surface area contributed by atoms with Crippen molar-refractivity contribution in [1.29, 1.82) is 0 Å². The minimum atomic E-state index is 0.118. The second-order valence-corrected chi connectivity index (χ2v) is 14.5. The summed E-state index contributed by atoms with van der Waals surface area (Å²) in [5.74, 6) is 5.79. The molecule has 9 rings (SSSR count). The maximum atomic E-state index is 6.98. The highest BCUT2D eigenvalue weighted by atomic mass is 16.5. The van der Waals surface area contributed by atoms with Gasteiger partial charge in [0.15, 0.2) is 11.5 Å². The van der Waals surface area contributed by atoms with E-state index in [1.807, 2.05) is 18.2 Å². The van der Waals surface area contributed by atoms with Crippen LogP contribution in [0.1, 0.15) is 55.2 Å². The average Bonchev–Trinajstić information content (AvgIpc) is 3.75. The number of fused-ring (bicyclic) bond motifs is 1. The molecule has 5 nitrogen and oxygen atoms in total. The minimum absolute atomic E-state index is 0.118.